The number of nitrogens with one attached hydrogen (secondary N) is 1. The zero-order chi connectivity index (χ0) is 5.98. The van der Waals surface area contributed by atoms with E-state index in [1.807, 2.05) is 0 Å². The van der Waals surface area contributed by atoms with Crippen LogP contribution in [0.1, 0.15) is 12.8 Å². The van der Waals surface area contributed by atoms with Gasteiger partial charge in [0.15, 0.2) is 0 Å². The minimum absolute atomic E-state index is 0.552. The van der Waals surface area contributed by atoms with E-state index in [9.17, 15) is 0 Å². The van der Waals surface area contributed by atoms with Crippen molar-refractivity contribution in [3.05, 3.63) is 0 Å². The minimum Gasteiger partial charge on any atom is -0.304 e. The maximum absolute atomic E-state index is 3.53. The normalized spacial score (nSPS) is 39.8. The summed E-state index contributed by atoms with van der Waals surface area (Å²) in [4.78, 5) is 1.24. The number of halogens is 2. The number of piperidine rings is 1. The van der Waals surface area contributed by atoms with Gasteiger partial charge in [-0.05, 0) is 12.8 Å². The predicted octanol–water partition coefficient (Wildman–Crippen LogP) is 1.85. The Labute approximate surface area is 66.5 Å². The molecule has 48 valence electrons. The Balaban J connectivity index is 2.19. The van der Waals surface area contributed by atoms with Gasteiger partial charge in [-0.3, -0.25) is 0 Å². The van der Waals surface area contributed by atoms with Crippen LogP contribution in [0.5, 0.6) is 0 Å². The minimum atomic E-state index is 0.552. The third-order valence-corrected chi connectivity index (χ3v) is 2.86. The highest BCUT2D eigenvalue weighted by atomic mass is 79.9. The van der Waals surface area contributed by atoms with Crippen LogP contribution in [0.15, 0.2) is 0 Å². The highest BCUT2D eigenvalue weighted by Crippen LogP contribution is 2.17. The van der Waals surface area contributed by atoms with Gasteiger partial charge in [-0.1, -0.05) is 31.9 Å². The molecule has 0 saturated carbocycles. The van der Waals surface area contributed by atoms with Gasteiger partial charge in [-0.2, -0.15) is 0 Å². The van der Waals surface area contributed by atoms with Crippen molar-refractivity contribution in [2.45, 2.75) is 22.6 Å². The first kappa shape index (κ1) is 7.03. The largest absolute Gasteiger partial charge is 0.304 e. The zero-order valence-electron chi connectivity index (χ0n) is 4.53. The lowest BCUT2D eigenvalue weighted by atomic mass is 10.2. The highest BCUT2D eigenvalue weighted by molar-refractivity contribution is 9.10. The molecule has 1 heterocycles. The summed E-state index contributed by atoms with van der Waals surface area (Å²) in [7, 11) is 0. The van der Waals surface area contributed by atoms with Crippen LogP contribution in [0.4, 0.5) is 0 Å². The zero-order valence-corrected chi connectivity index (χ0v) is 7.70. The van der Waals surface area contributed by atoms with E-state index in [-0.39, 0.29) is 0 Å². The average molecular weight is 243 g/mol. The molecule has 0 radical (unpaired) electrons. The van der Waals surface area contributed by atoms with E-state index in [1.165, 1.54) is 12.8 Å². The number of hydrogen-bond acceptors (Lipinski definition) is 1. The van der Waals surface area contributed by atoms with Crippen LogP contribution < -0.4 is 5.32 Å². The third kappa shape index (κ3) is 2.03. The molecule has 0 aromatic carbocycles. The second-order valence-corrected chi connectivity index (χ2v) is 4.45. The summed E-state index contributed by atoms with van der Waals surface area (Å²) in [5.41, 5.74) is 0. The molecule has 0 amide bonds. The van der Waals surface area contributed by atoms with Crippen LogP contribution in [0, 0.1) is 0 Å². The van der Waals surface area contributed by atoms with Gasteiger partial charge in [0, 0.05) is 11.4 Å². The molecule has 0 aromatic rings. The van der Waals surface area contributed by atoms with Crippen molar-refractivity contribution >= 4 is 31.9 Å². The maximum Gasteiger partial charge on any atom is 0.0631 e. The summed E-state index contributed by atoms with van der Waals surface area (Å²) in [6.45, 7) is 1.09. The molecule has 0 aromatic heterocycles. The molecular formula is C5H9Br2N. The smallest absolute Gasteiger partial charge is 0.0631 e. The second-order valence-electron chi connectivity index (χ2n) is 2.05. The van der Waals surface area contributed by atoms with Crippen molar-refractivity contribution < 1.29 is 0 Å². The highest BCUT2D eigenvalue weighted by Gasteiger charge is 2.14. The molecule has 3 heteroatoms. The van der Waals surface area contributed by atoms with Crippen LogP contribution in [-0.2, 0) is 0 Å². The average Bonchev–Trinajstić information content (AvgIpc) is 1.77. The van der Waals surface area contributed by atoms with Gasteiger partial charge in [0.2, 0.25) is 0 Å². The van der Waals surface area contributed by atoms with Gasteiger partial charge in [-0.15, -0.1) is 0 Å². The lowest BCUT2D eigenvalue weighted by Gasteiger charge is -2.21. The summed E-state index contributed by atoms with van der Waals surface area (Å²) < 4.78 is 0. The Kier molecular flexibility index (Phi) is 2.80. The molecule has 0 spiro atoms. The summed E-state index contributed by atoms with van der Waals surface area (Å²) in [6, 6.07) is 0. The van der Waals surface area contributed by atoms with Gasteiger partial charge >= 0.3 is 0 Å². The maximum atomic E-state index is 3.53. The van der Waals surface area contributed by atoms with E-state index >= 15 is 0 Å². The Morgan fingerprint density at radius 2 is 2.00 bits per heavy atom. The van der Waals surface area contributed by atoms with E-state index in [4.69, 9.17) is 0 Å². The van der Waals surface area contributed by atoms with Crippen LogP contribution in [0.25, 0.3) is 0 Å². The first-order valence-electron chi connectivity index (χ1n) is 2.80. The monoisotopic (exact) mass is 241 g/mol. The Morgan fingerprint density at radius 1 is 1.25 bits per heavy atom. The fourth-order valence-electron chi connectivity index (χ4n) is 0.787. The molecule has 0 bridgehead atoms. The Morgan fingerprint density at radius 3 is 2.38 bits per heavy atom. The van der Waals surface area contributed by atoms with Crippen LogP contribution in [0.3, 0.4) is 0 Å². The number of rotatable bonds is 0. The molecule has 1 saturated heterocycles. The van der Waals surface area contributed by atoms with Crippen molar-refractivity contribution in [2.24, 2.45) is 0 Å². The van der Waals surface area contributed by atoms with Crippen molar-refractivity contribution in [3.8, 4) is 0 Å². The van der Waals surface area contributed by atoms with Gasteiger partial charge < -0.3 is 5.32 Å². The van der Waals surface area contributed by atoms with Gasteiger partial charge in [0.05, 0.1) is 4.95 Å². The molecule has 1 rings (SSSR count). The van der Waals surface area contributed by atoms with Gasteiger partial charge in [-0.25, -0.2) is 0 Å². The molecule has 8 heavy (non-hydrogen) atoms. The van der Waals surface area contributed by atoms with Crippen molar-refractivity contribution in [1.29, 1.82) is 0 Å². The quantitative estimate of drug-likeness (QED) is 0.505. The summed E-state index contributed by atoms with van der Waals surface area (Å²) in [6.07, 6.45) is 2.51. The lowest BCUT2D eigenvalue weighted by Crippen LogP contribution is -2.35. The number of alkyl halides is 2. The molecule has 1 aliphatic heterocycles. The van der Waals surface area contributed by atoms with Gasteiger partial charge in [0.1, 0.15) is 0 Å². The van der Waals surface area contributed by atoms with E-state index in [2.05, 4.69) is 37.2 Å². The Bertz CT molecular complexity index is 58.8. The summed E-state index contributed by atoms with van der Waals surface area (Å²) >= 11 is 7.02. The predicted molar refractivity (Wildman–Crippen MR) is 42.7 cm³/mol. The SMILES string of the molecule is Br[C@H]1CC[C@H](Br)NC1. The molecule has 1 nitrogen and oxygen atoms in total. The number of hydrogen-bond donors (Lipinski definition) is 1. The van der Waals surface area contributed by atoms with Crippen LogP contribution in [-0.4, -0.2) is 16.3 Å². The molecule has 0 aliphatic carbocycles. The second kappa shape index (κ2) is 3.18. The molecule has 0 unspecified atom stereocenters. The topological polar surface area (TPSA) is 12.0 Å². The third-order valence-electron chi connectivity index (χ3n) is 1.29. The van der Waals surface area contributed by atoms with E-state index in [1.54, 1.807) is 0 Å². The fourth-order valence-corrected chi connectivity index (χ4v) is 1.69. The molecule has 1 aliphatic rings. The first-order valence-corrected chi connectivity index (χ1v) is 4.63. The van der Waals surface area contributed by atoms with E-state index < -0.39 is 0 Å². The standard InChI is InChI=1S/C5H9Br2N/c6-4-1-2-5(7)8-3-4/h4-5,8H,1-3H2/t4-,5+/m0/s1. The van der Waals surface area contributed by atoms with Crippen LogP contribution >= 0.6 is 31.9 Å². The van der Waals surface area contributed by atoms with Crippen molar-refractivity contribution in [2.75, 3.05) is 6.54 Å². The fraction of sp³-hybridized carbons (Fsp3) is 1.00. The molecule has 1 N–H and O–H groups in total. The van der Waals surface area contributed by atoms with E-state index in [0.29, 0.717) is 9.78 Å². The van der Waals surface area contributed by atoms with Crippen LogP contribution in [0.2, 0.25) is 0 Å². The van der Waals surface area contributed by atoms with Gasteiger partial charge in [0.25, 0.3) is 0 Å². The first-order chi connectivity index (χ1) is 3.79. The van der Waals surface area contributed by atoms with Crippen molar-refractivity contribution in [1.82, 2.24) is 5.32 Å². The molecule has 1 fully saturated rings. The Hall–Kier alpha value is 0.920. The molecular weight excluding hydrogens is 234 g/mol. The summed E-state index contributed by atoms with van der Waals surface area (Å²) in [5.74, 6) is 0. The molecule has 2 atom stereocenters. The lowest BCUT2D eigenvalue weighted by molar-refractivity contribution is 0.513. The van der Waals surface area contributed by atoms with E-state index in [0.717, 1.165) is 6.54 Å². The van der Waals surface area contributed by atoms with Crippen molar-refractivity contribution in [3.63, 3.8) is 0 Å². The summed E-state index contributed by atoms with van der Waals surface area (Å²) in [5, 5.41) is 3.30.